The Hall–Kier alpha value is -1.76. The van der Waals surface area contributed by atoms with E-state index in [0.717, 1.165) is 31.9 Å². The van der Waals surface area contributed by atoms with E-state index in [-0.39, 0.29) is 11.9 Å². The number of hydrogen-bond donors (Lipinski definition) is 1. The number of amides is 1. The predicted octanol–water partition coefficient (Wildman–Crippen LogP) is 2.50. The molecule has 0 radical (unpaired) electrons. The average molecular weight is 341 g/mol. The van der Waals surface area contributed by atoms with Gasteiger partial charge in [0.05, 0.1) is 11.6 Å². The Kier molecular flexibility index (Phi) is 4.99. The Bertz CT molecular complexity index is 577. The minimum Gasteiger partial charge on any atom is -0.368 e. The molecule has 4 nitrogen and oxygen atoms in total. The first-order valence-corrected chi connectivity index (χ1v) is 8.39. The highest BCUT2D eigenvalue weighted by Crippen LogP contribution is 2.31. The minimum absolute atomic E-state index is 0.0983. The van der Waals surface area contributed by atoms with Crippen molar-refractivity contribution in [2.24, 2.45) is 0 Å². The Morgan fingerprint density at radius 2 is 1.88 bits per heavy atom. The van der Waals surface area contributed by atoms with Gasteiger partial charge in [-0.25, -0.2) is 0 Å². The zero-order valence-corrected chi connectivity index (χ0v) is 13.5. The maximum atomic E-state index is 12.8. The van der Waals surface area contributed by atoms with Crippen LogP contribution in [0.25, 0.3) is 0 Å². The molecule has 0 saturated carbocycles. The van der Waals surface area contributed by atoms with Crippen LogP contribution >= 0.6 is 0 Å². The minimum atomic E-state index is -4.33. The van der Waals surface area contributed by atoms with E-state index in [4.69, 9.17) is 0 Å². The van der Waals surface area contributed by atoms with Gasteiger partial charge in [-0.05, 0) is 37.6 Å². The summed E-state index contributed by atoms with van der Waals surface area (Å²) in [5.74, 6) is 0.124. The second kappa shape index (κ2) is 7.01. The zero-order chi connectivity index (χ0) is 17.2. The maximum absolute atomic E-state index is 12.8. The largest absolute Gasteiger partial charge is 0.416 e. The second-order valence-corrected chi connectivity index (χ2v) is 6.36. The molecule has 7 heteroatoms. The van der Waals surface area contributed by atoms with Crippen molar-refractivity contribution in [1.29, 1.82) is 0 Å². The number of rotatable bonds is 2. The second-order valence-electron chi connectivity index (χ2n) is 6.36. The number of carbonyl (C=O) groups excluding carboxylic acids is 1. The lowest BCUT2D eigenvalue weighted by Crippen LogP contribution is -2.55. The molecule has 0 bridgehead atoms. The molecular weight excluding hydrogens is 319 g/mol. The third-order valence-electron chi connectivity index (χ3n) is 4.74. The fraction of sp³-hybridized carbons (Fsp3) is 0.588. The summed E-state index contributed by atoms with van der Waals surface area (Å²) < 4.78 is 38.5. The Balaban J connectivity index is 1.60. The van der Waals surface area contributed by atoms with Crippen molar-refractivity contribution in [2.75, 3.05) is 37.6 Å². The van der Waals surface area contributed by atoms with Gasteiger partial charge in [0.1, 0.15) is 0 Å². The Morgan fingerprint density at radius 3 is 2.50 bits per heavy atom. The van der Waals surface area contributed by atoms with Crippen molar-refractivity contribution in [3.8, 4) is 0 Å². The van der Waals surface area contributed by atoms with E-state index in [1.54, 1.807) is 6.07 Å². The molecule has 2 heterocycles. The van der Waals surface area contributed by atoms with Crippen LogP contribution in [0.5, 0.6) is 0 Å². The van der Waals surface area contributed by atoms with Gasteiger partial charge < -0.3 is 15.1 Å². The van der Waals surface area contributed by atoms with E-state index < -0.39 is 11.7 Å². The standard InChI is InChI=1S/C17H22F3N3O/c18-17(19,20)13-4-3-5-14(12-13)22-8-10-23(11-9-22)16(24)15-6-1-2-7-21-15/h3-5,12,15,21H,1-2,6-11H2/t15-/m1/s1. The first kappa shape index (κ1) is 17.1. The van der Waals surface area contributed by atoms with Crippen molar-refractivity contribution in [2.45, 2.75) is 31.5 Å². The Labute approximate surface area is 139 Å². The number of alkyl halides is 3. The molecule has 3 rings (SSSR count). The molecule has 24 heavy (non-hydrogen) atoms. The smallest absolute Gasteiger partial charge is 0.368 e. The van der Waals surface area contributed by atoms with Gasteiger partial charge in [-0.15, -0.1) is 0 Å². The van der Waals surface area contributed by atoms with Gasteiger partial charge in [0.2, 0.25) is 5.91 Å². The third-order valence-corrected chi connectivity index (χ3v) is 4.74. The molecule has 1 N–H and O–H groups in total. The first-order valence-electron chi connectivity index (χ1n) is 8.39. The molecule has 0 spiro atoms. The summed E-state index contributed by atoms with van der Waals surface area (Å²) in [5, 5.41) is 3.25. The molecule has 132 valence electrons. The fourth-order valence-corrected chi connectivity index (χ4v) is 3.35. The van der Waals surface area contributed by atoms with E-state index in [2.05, 4.69) is 5.32 Å². The molecule has 2 saturated heterocycles. The maximum Gasteiger partial charge on any atom is 0.416 e. The van der Waals surface area contributed by atoms with Crippen LogP contribution in [-0.4, -0.2) is 49.6 Å². The predicted molar refractivity (Wildman–Crippen MR) is 85.9 cm³/mol. The van der Waals surface area contributed by atoms with E-state index in [9.17, 15) is 18.0 Å². The summed E-state index contributed by atoms with van der Waals surface area (Å²) in [6.45, 7) is 3.08. The van der Waals surface area contributed by atoms with E-state index in [0.29, 0.717) is 31.9 Å². The summed E-state index contributed by atoms with van der Waals surface area (Å²) in [4.78, 5) is 16.2. The highest BCUT2D eigenvalue weighted by molar-refractivity contribution is 5.82. The molecule has 0 aromatic heterocycles. The highest BCUT2D eigenvalue weighted by atomic mass is 19.4. The molecule has 0 aliphatic carbocycles. The van der Waals surface area contributed by atoms with Gasteiger partial charge >= 0.3 is 6.18 Å². The van der Waals surface area contributed by atoms with Gasteiger partial charge in [0, 0.05) is 31.9 Å². The molecule has 1 amide bonds. The number of anilines is 1. The fourth-order valence-electron chi connectivity index (χ4n) is 3.35. The lowest BCUT2D eigenvalue weighted by molar-refractivity contribution is -0.137. The number of benzene rings is 1. The number of nitrogens with one attached hydrogen (secondary N) is 1. The van der Waals surface area contributed by atoms with E-state index in [1.807, 2.05) is 9.80 Å². The summed E-state index contributed by atoms with van der Waals surface area (Å²) in [6.07, 6.45) is -1.30. The highest BCUT2D eigenvalue weighted by Gasteiger charge is 2.32. The van der Waals surface area contributed by atoms with Crippen LogP contribution in [0.2, 0.25) is 0 Å². The zero-order valence-electron chi connectivity index (χ0n) is 13.5. The quantitative estimate of drug-likeness (QED) is 0.898. The van der Waals surface area contributed by atoms with Crippen molar-refractivity contribution in [3.05, 3.63) is 29.8 Å². The van der Waals surface area contributed by atoms with E-state index in [1.165, 1.54) is 12.1 Å². The number of hydrogen-bond acceptors (Lipinski definition) is 3. The van der Waals surface area contributed by atoms with Crippen LogP contribution in [0.1, 0.15) is 24.8 Å². The summed E-state index contributed by atoms with van der Waals surface area (Å²) in [7, 11) is 0. The SMILES string of the molecule is O=C([C@H]1CCCCN1)N1CCN(c2cccc(C(F)(F)F)c2)CC1. The number of nitrogens with zero attached hydrogens (tertiary/aromatic N) is 2. The van der Waals surface area contributed by atoms with Crippen LogP contribution in [0.3, 0.4) is 0 Å². The van der Waals surface area contributed by atoms with Crippen molar-refractivity contribution in [3.63, 3.8) is 0 Å². The monoisotopic (exact) mass is 341 g/mol. The van der Waals surface area contributed by atoms with Crippen molar-refractivity contribution < 1.29 is 18.0 Å². The van der Waals surface area contributed by atoms with Crippen molar-refractivity contribution in [1.82, 2.24) is 10.2 Å². The van der Waals surface area contributed by atoms with Gasteiger partial charge in [0.25, 0.3) is 0 Å². The number of piperidine rings is 1. The molecule has 2 fully saturated rings. The molecule has 1 aromatic carbocycles. The van der Waals surface area contributed by atoms with Crippen LogP contribution < -0.4 is 10.2 Å². The molecule has 1 atom stereocenters. The lowest BCUT2D eigenvalue weighted by Gasteiger charge is -2.38. The van der Waals surface area contributed by atoms with Gasteiger partial charge in [-0.2, -0.15) is 13.2 Å². The van der Waals surface area contributed by atoms with Gasteiger partial charge in [-0.1, -0.05) is 12.5 Å². The number of halogens is 3. The third kappa shape index (κ3) is 3.83. The molecule has 2 aliphatic rings. The van der Waals surface area contributed by atoms with E-state index >= 15 is 0 Å². The summed E-state index contributed by atoms with van der Waals surface area (Å²) >= 11 is 0. The van der Waals surface area contributed by atoms with Crippen LogP contribution in [0.15, 0.2) is 24.3 Å². The number of piperazine rings is 1. The Morgan fingerprint density at radius 1 is 1.12 bits per heavy atom. The molecule has 0 unspecified atom stereocenters. The van der Waals surface area contributed by atoms with Crippen LogP contribution in [-0.2, 0) is 11.0 Å². The van der Waals surface area contributed by atoms with Crippen molar-refractivity contribution >= 4 is 11.6 Å². The normalized spacial score (nSPS) is 22.5. The average Bonchev–Trinajstić information content (AvgIpc) is 2.61. The molecule has 2 aliphatic heterocycles. The summed E-state index contributed by atoms with van der Waals surface area (Å²) in [6, 6.07) is 5.29. The first-order chi connectivity index (χ1) is 11.4. The summed E-state index contributed by atoms with van der Waals surface area (Å²) in [5.41, 5.74) is -0.0716. The van der Waals surface area contributed by atoms with Gasteiger partial charge in [-0.3, -0.25) is 4.79 Å². The topological polar surface area (TPSA) is 35.6 Å². The van der Waals surface area contributed by atoms with Crippen LogP contribution in [0.4, 0.5) is 18.9 Å². The molecule has 1 aromatic rings. The molecular formula is C17H22F3N3O. The van der Waals surface area contributed by atoms with Gasteiger partial charge in [0.15, 0.2) is 0 Å². The van der Waals surface area contributed by atoms with Crippen LogP contribution in [0, 0.1) is 0 Å². The number of carbonyl (C=O) groups is 1. The lowest BCUT2D eigenvalue weighted by atomic mass is 10.0.